The van der Waals surface area contributed by atoms with Gasteiger partial charge in [0.15, 0.2) is 0 Å². The molecule has 0 amide bonds. The largest absolute Gasteiger partial charge is 0.495 e. The predicted octanol–water partition coefficient (Wildman–Crippen LogP) is 3.03. The maximum atomic E-state index is 5.67. The molecule has 1 saturated heterocycles. The number of amidine groups is 1. The summed E-state index contributed by atoms with van der Waals surface area (Å²) in [5.74, 6) is 8.64. The van der Waals surface area contributed by atoms with Crippen LogP contribution in [0.2, 0.25) is 0 Å². The molecule has 2 aliphatic heterocycles. The highest BCUT2D eigenvalue weighted by Crippen LogP contribution is 2.52. The van der Waals surface area contributed by atoms with Gasteiger partial charge in [-0.25, -0.2) is 0 Å². The Morgan fingerprint density at radius 1 is 1.26 bits per heavy atom. The van der Waals surface area contributed by atoms with Gasteiger partial charge in [-0.15, -0.1) is 0 Å². The number of ether oxygens (including phenoxy) is 2. The fourth-order valence-electron chi connectivity index (χ4n) is 4.58. The minimum Gasteiger partial charge on any atom is -0.495 e. The Balaban J connectivity index is 1.52. The molecule has 4 rings (SSSR count). The standard InChI is InChI=1S/C22H29N3O2/c1-23-21-22(9-5-10-22)18-15-20(27-3)16(14-19(18)24-21)6-4-11-25-12-7-17(26-2)8-13-25/h14-15,17H,5,7-13H2,1-3H3,(H,23,24). The third-order valence-electron chi connectivity index (χ3n) is 6.39. The van der Waals surface area contributed by atoms with E-state index in [0.29, 0.717) is 6.10 Å². The lowest BCUT2D eigenvalue weighted by molar-refractivity contribution is 0.0450. The van der Waals surface area contributed by atoms with E-state index in [0.717, 1.165) is 68.2 Å². The molecular formula is C22H29N3O2. The van der Waals surface area contributed by atoms with Crippen molar-refractivity contribution in [3.05, 3.63) is 23.3 Å². The number of nitrogens with one attached hydrogen (secondary N) is 1. The first-order valence-corrected chi connectivity index (χ1v) is 9.91. The molecule has 1 spiro atoms. The van der Waals surface area contributed by atoms with Crippen molar-refractivity contribution in [2.24, 2.45) is 4.99 Å². The smallest absolute Gasteiger partial charge is 0.134 e. The number of piperidine rings is 1. The van der Waals surface area contributed by atoms with Crippen molar-refractivity contribution < 1.29 is 9.47 Å². The number of hydrogen-bond donors (Lipinski definition) is 1. The Labute approximate surface area is 162 Å². The Morgan fingerprint density at radius 3 is 2.63 bits per heavy atom. The maximum Gasteiger partial charge on any atom is 0.134 e. The highest BCUT2D eigenvalue weighted by molar-refractivity contribution is 6.10. The number of anilines is 1. The lowest BCUT2D eigenvalue weighted by atomic mass is 9.65. The number of likely N-dealkylation sites (tertiary alicyclic amines) is 1. The van der Waals surface area contributed by atoms with E-state index in [4.69, 9.17) is 9.47 Å². The van der Waals surface area contributed by atoms with Crippen molar-refractivity contribution in [2.75, 3.05) is 46.2 Å². The second kappa shape index (κ2) is 7.53. The molecule has 3 aliphatic rings. The second-order valence-electron chi connectivity index (χ2n) is 7.74. The van der Waals surface area contributed by atoms with Crippen LogP contribution in [-0.2, 0) is 10.2 Å². The van der Waals surface area contributed by atoms with E-state index < -0.39 is 0 Å². The fraction of sp³-hybridized carbons (Fsp3) is 0.591. The molecule has 27 heavy (non-hydrogen) atoms. The van der Waals surface area contributed by atoms with Crippen molar-refractivity contribution in [2.45, 2.75) is 43.6 Å². The molecule has 144 valence electrons. The van der Waals surface area contributed by atoms with E-state index >= 15 is 0 Å². The molecular weight excluding hydrogens is 338 g/mol. The van der Waals surface area contributed by atoms with E-state index in [2.05, 4.69) is 39.2 Å². The molecule has 0 aromatic heterocycles. The first-order chi connectivity index (χ1) is 13.2. The summed E-state index contributed by atoms with van der Waals surface area (Å²) in [5, 5.41) is 3.52. The molecule has 2 heterocycles. The van der Waals surface area contributed by atoms with Crippen molar-refractivity contribution >= 4 is 11.5 Å². The number of methoxy groups -OCH3 is 2. The summed E-state index contributed by atoms with van der Waals surface area (Å²) in [5.41, 5.74) is 3.48. The summed E-state index contributed by atoms with van der Waals surface area (Å²) in [6, 6.07) is 4.31. The Morgan fingerprint density at radius 2 is 2.04 bits per heavy atom. The van der Waals surface area contributed by atoms with Crippen molar-refractivity contribution in [1.82, 2.24) is 4.90 Å². The van der Waals surface area contributed by atoms with Crippen LogP contribution in [0.25, 0.3) is 0 Å². The minimum atomic E-state index is 0.0784. The first-order valence-electron chi connectivity index (χ1n) is 9.91. The fourth-order valence-corrected chi connectivity index (χ4v) is 4.58. The van der Waals surface area contributed by atoms with Gasteiger partial charge in [0.25, 0.3) is 0 Å². The van der Waals surface area contributed by atoms with E-state index in [9.17, 15) is 0 Å². The van der Waals surface area contributed by atoms with Crippen LogP contribution < -0.4 is 10.1 Å². The minimum absolute atomic E-state index is 0.0784. The molecule has 0 unspecified atom stereocenters. The molecule has 2 fully saturated rings. The third-order valence-corrected chi connectivity index (χ3v) is 6.39. The number of aliphatic imine (C=N–C) groups is 1. The highest BCUT2D eigenvalue weighted by atomic mass is 16.5. The maximum absolute atomic E-state index is 5.67. The van der Waals surface area contributed by atoms with Crippen LogP contribution in [0.4, 0.5) is 5.69 Å². The van der Waals surface area contributed by atoms with Gasteiger partial charge in [0.2, 0.25) is 0 Å². The van der Waals surface area contributed by atoms with Crippen LogP contribution in [-0.4, -0.2) is 57.7 Å². The number of nitrogens with zero attached hydrogens (tertiary/aromatic N) is 2. The summed E-state index contributed by atoms with van der Waals surface area (Å²) in [6.45, 7) is 2.89. The van der Waals surface area contributed by atoms with Gasteiger partial charge in [0.05, 0.1) is 30.7 Å². The zero-order valence-corrected chi connectivity index (χ0v) is 16.6. The molecule has 0 radical (unpaired) electrons. The molecule has 0 bridgehead atoms. The molecule has 1 aliphatic carbocycles. The zero-order valence-electron chi connectivity index (χ0n) is 16.6. The van der Waals surface area contributed by atoms with Crippen molar-refractivity contribution in [3.8, 4) is 17.6 Å². The monoisotopic (exact) mass is 367 g/mol. The Hall–Kier alpha value is -2.03. The second-order valence-corrected chi connectivity index (χ2v) is 7.74. The average Bonchev–Trinajstić information content (AvgIpc) is 3.01. The van der Waals surface area contributed by atoms with Crippen LogP contribution in [0.5, 0.6) is 5.75 Å². The lowest BCUT2D eigenvalue weighted by Crippen LogP contribution is -2.41. The SMILES string of the molecule is CN=C1Nc2cc(C#CCN3CCC(OC)CC3)c(OC)cc2C12CCC2. The molecule has 5 nitrogen and oxygen atoms in total. The van der Waals surface area contributed by atoms with E-state index in [1.54, 1.807) is 14.2 Å². The molecule has 1 N–H and O–H groups in total. The van der Waals surface area contributed by atoms with Crippen LogP contribution in [0, 0.1) is 11.8 Å². The van der Waals surface area contributed by atoms with Crippen molar-refractivity contribution in [1.29, 1.82) is 0 Å². The van der Waals surface area contributed by atoms with Gasteiger partial charge >= 0.3 is 0 Å². The van der Waals surface area contributed by atoms with Gasteiger partial charge < -0.3 is 14.8 Å². The normalized spacial score (nSPS) is 22.7. The summed E-state index contributed by atoms with van der Waals surface area (Å²) < 4.78 is 11.1. The number of rotatable bonds is 3. The molecule has 5 heteroatoms. The molecule has 1 aromatic carbocycles. The van der Waals surface area contributed by atoms with E-state index in [1.165, 1.54) is 12.0 Å². The zero-order chi connectivity index (χ0) is 18.9. The Kier molecular flexibility index (Phi) is 5.12. The third kappa shape index (κ3) is 3.22. The van der Waals surface area contributed by atoms with Gasteiger partial charge in [-0.1, -0.05) is 18.3 Å². The van der Waals surface area contributed by atoms with Crippen LogP contribution in [0.15, 0.2) is 17.1 Å². The topological polar surface area (TPSA) is 46.1 Å². The van der Waals surface area contributed by atoms with Gasteiger partial charge in [-0.2, -0.15) is 0 Å². The first kappa shape index (κ1) is 18.3. The van der Waals surface area contributed by atoms with Gasteiger partial charge in [-0.3, -0.25) is 9.89 Å². The van der Waals surface area contributed by atoms with Gasteiger partial charge in [0.1, 0.15) is 11.6 Å². The summed E-state index contributed by atoms with van der Waals surface area (Å²) in [7, 11) is 5.41. The number of benzene rings is 1. The molecule has 1 saturated carbocycles. The van der Waals surface area contributed by atoms with Crippen LogP contribution >= 0.6 is 0 Å². The van der Waals surface area contributed by atoms with Gasteiger partial charge in [0, 0.05) is 32.9 Å². The summed E-state index contributed by atoms with van der Waals surface area (Å²) in [4.78, 5) is 6.91. The van der Waals surface area contributed by atoms with Crippen molar-refractivity contribution in [3.63, 3.8) is 0 Å². The quantitative estimate of drug-likeness (QED) is 0.834. The van der Waals surface area contributed by atoms with Gasteiger partial charge in [-0.05, 0) is 43.4 Å². The number of hydrogen-bond acceptors (Lipinski definition) is 4. The Bertz CT molecular complexity index is 794. The lowest BCUT2D eigenvalue weighted by Gasteiger charge is -2.38. The molecule has 1 aromatic rings. The highest BCUT2D eigenvalue weighted by Gasteiger charge is 2.49. The summed E-state index contributed by atoms with van der Waals surface area (Å²) in [6.07, 6.45) is 6.16. The average molecular weight is 367 g/mol. The van der Waals surface area contributed by atoms with Crippen LogP contribution in [0.1, 0.15) is 43.2 Å². The summed E-state index contributed by atoms with van der Waals surface area (Å²) >= 11 is 0. The van der Waals surface area contributed by atoms with E-state index in [1.807, 2.05) is 7.05 Å². The predicted molar refractivity (Wildman–Crippen MR) is 109 cm³/mol. The molecule has 0 atom stereocenters. The van der Waals surface area contributed by atoms with E-state index in [-0.39, 0.29) is 5.41 Å². The van der Waals surface area contributed by atoms with Crippen LogP contribution in [0.3, 0.4) is 0 Å². The number of fused-ring (bicyclic) bond motifs is 2.